The van der Waals surface area contributed by atoms with Gasteiger partial charge >= 0.3 is 5.97 Å². The molecular formula is C41H57N3O8. The second-order valence-corrected chi connectivity index (χ2v) is 16.4. The fourth-order valence-corrected chi connectivity index (χ4v) is 9.90. The Hall–Kier alpha value is -3.51. The second-order valence-electron chi connectivity index (χ2n) is 16.4. The number of carbonyl (C=O) groups excluding carboxylic acids is 3. The van der Waals surface area contributed by atoms with Crippen molar-refractivity contribution in [1.82, 2.24) is 9.96 Å². The molecule has 0 radical (unpaired) electrons. The van der Waals surface area contributed by atoms with E-state index in [2.05, 4.69) is 20.8 Å². The summed E-state index contributed by atoms with van der Waals surface area (Å²) in [5, 5.41) is 22.9. The van der Waals surface area contributed by atoms with E-state index >= 15 is 0 Å². The van der Waals surface area contributed by atoms with E-state index in [1.807, 2.05) is 55.4 Å². The van der Waals surface area contributed by atoms with Gasteiger partial charge in [0.25, 0.3) is 5.91 Å². The fraction of sp³-hybridized carbons (Fsp3) is 0.634. The van der Waals surface area contributed by atoms with Crippen LogP contribution in [0.1, 0.15) is 75.7 Å². The number of fused-ring (bicyclic) bond motifs is 2. The summed E-state index contributed by atoms with van der Waals surface area (Å²) >= 11 is 0. The molecule has 9 atom stereocenters. The molecule has 2 bridgehead atoms. The van der Waals surface area contributed by atoms with Crippen LogP contribution in [-0.4, -0.2) is 104 Å². The number of hydroxylamine groups is 2. The number of hydrogen-bond donors (Lipinski definition) is 2. The molecule has 2 N–H and O–H groups in total. The lowest BCUT2D eigenvalue weighted by Crippen LogP contribution is -2.55. The minimum Gasteiger partial charge on any atom is -0.496 e. The Morgan fingerprint density at radius 2 is 1.87 bits per heavy atom. The maximum Gasteiger partial charge on any atom is 0.328 e. The van der Waals surface area contributed by atoms with Crippen LogP contribution in [-0.2, 0) is 25.7 Å². The van der Waals surface area contributed by atoms with E-state index in [-0.39, 0.29) is 30.8 Å². The summed E-state index contributed by atoms with van der Waals surface area (Å²) in [6.07, 6.45) is 2.34. The van der Waals surface area contributed by atoms with E-state index in [1.165, 1.54) is 13.5 Å². The molecule has 284 valence electrons. The molecule has 2 aliphatic heterocycles. The summed E-state index contributed by atoms with van der Waals surface area (Å²) in [6, 6.07) is 10.0. The monoisotopic (exact) mass is 719 g/mol. The van der Waals surface area contributed by atoms with Crippen molar-refractivity contribution >= 4 is 23.3 Å². The number of esters is 1. The SMILES string of the molecule is COC(=O)[C@@H]1CCCN1C(=O)c1cc(-c2cccc(CN3O[C@@H](CO)[C@@H]([C@H](C)O)[C@H]3C(=O)CC3C[C@H]4C[C@@H]([C@@H]3C)C4(C)C)c2OC)cc(N(C)C)c1. The van der Waals surface area contributed by atoms with Gasteiger partial charge in [-0.1, -0.05) is 39.0 Å². The van der Waals surface area contributed by atoms with Gasteiger partial charge in [-0.2, -0.15) is 5.06 Å². The van der Waals surface area contributed by atoms with Crippen LogP contribution < -0.4 is 9.64 Å². The van der Waals surface area contributed by atoms with Crippen LogP contribution >= 0.6 is 0 Å². The maximum absolute atomic E-state index is 14.3. The summed E-state index contributed by atoms with van der Waals surface area (Å²) < 4.78 is 11.1. The van der Waals surface area contributed by atoms with Gasteiger partial charge in [-0.25, -0.2) is 4.79 Å². The summed E-state index contributed by atoms with van der Waals surface area (Å²) in [4.78, 5) is 50.6. The molecule has 5 fully saturated rings. The summed E-state index contributed by atoms with van der Waals surface area (Å²) in [7, 11) is 6.75. The first kappa shape index (κ1) is 38.2. The van der Waals surface area contributed by atoms with Gasteiger partial charge < -0.3 is 29.5 Å². The predicted octanol–water partition coefficient (Wildman–Crippen LogP) is 4.96. The first-order chi connectivity index (χ1) is 24.7. The van der Waals surface area contributed by atoms with Gasteiger partial charge in [-0.05, 0) is 85.5 Å². The lowest BCUT2D eigenvalue weighted by atomic mass is 9.43. The molecule has 2 saturated heterocycles. The molecule has 0 aromatic heterocycles. The molecule has 3 saturated carbocycles. The zero-order valence-electron chi connectivity index (χ0n) is 32.0. The van der Waals surface area contributed by atoms with Crippen molar-refractivity contribution in [3.05, 3.63) is 47.5 Å². The van der Waals surface area contributed by atoms with Gasteiger partial charge in [0, 0.05) is 55.4 Å². The molecule has 1 unspecified atom stereocenters. The van der Waals surface area contributed by atoms with Crippen LogP contribution in [0.2, 0.25) is 0 Å². The number of aliphatic hydroxyl groups excluding tert-OH is 2. The normalized spacial score (nSPS) is 30.1. The number of nitrogens with zero attached hydrogens (tertiary/aromatic N) is 3. The van der Waals surface area contributed by atoms with Gasteiger partial charge in [0.2, 0.25) is 0 Å². The number of para-hydroxylation sites is 1. The van der Waals surface area contributed by atoms with Crippen molar-refractivity contribution in [2.75, 3.05) is 46.4 Å². The Morgan fingerprint density at radius 1 is 1.12 bits per heavy atom. The van der Waals surface area contributed by atoms with E-state index in [4.69, 9.17) is 14.3 Å². The summed E-state index contributed by atoms with van der Waals surface area (Å²) in [6.45, 7) is 8.98. The minimum atomic E-state index is -0.875. The molecule has 3 aliphatic carbocycles. The Kier molecular flexibility index (Phi) is 11.1. The number of carbonyl (C=O) groups is 3. The predicted molar refractivity (Wildman–Crippen MR) is 198 cm³/mol. The van der Waals surface area contributed by atoms with Crippen molar-refractivity contribution < 1.29 is 38.9 Å². The van der Waals surface area contributed by atoms with Gasteiger partial charge in [0.1, 0.15) is 23.9 Å². The average Bonchev–Trinajstić information content (AvgIpc) is 3.76. The number of amides is 1. The van der Waals surface area contributed by atoms with Crippen LogP contribution in [0.4, 0.5) is 5.69 Å². The number of benzene rings is 2. The van der Waals surface area contributed by atoms with E-state index in [9.17, 15) is 24.6 Å². The van der Waals surface area contributed by atoms with E-state index in [0.717, 1.165) is 35.2 Å². The number of anilines is 1. The second kappa shape index (κ2) is 15.1. The maximum atomic E-state index is 14.3. The number of likely N-dealkylation sites (tertiary alicyclic amines) is 1. The number of rotatable bonds is 12. The Morgan fingerprint density at radius 3 is 2.48 bits per heavy atom. The topological polar surface area (TPSA) is 129 Å². The Labute approximate surface area is 308 Å². The molecule has 2 aromatic rings. The Balaban J connectivity index is 1.31. The van der Waals surface area contributed by atoms with Crippen molar-refractivity contribution in [3.63, 3.8) is 0 Å². The number of ketones is 1. The number of ether oxygens (including phenoxy) is 2. The number of hydrogen-bond acceptors (Lipinski definition) is 10. The molecule has 52 heavy (non-hydrogen) atoms. The highest BCUT2D eigenvalue weighted by molar-refractivity contribution is 5.99. The zero-order valence-corrected chi connectivity index (χ0v) is 32.0. The zero-order chi connectivity index (χ0) is 37.6. The minimum absolute atomic E-state index is 0.0296. The largest absolute Gasteiger partial charge is 0.496 e. The lowest BCUT2D eigenvalue weighted by Gasteiger charge is -2.62. The van der Waals surface area contributed by atoms with Crippen molar-refractivity contribution in [1.29, 1.82) is 0 Å². The van der Waals surface area contributed by atoms with E-state index in [1.54, 1.807) is 24.0 Å². The molecule has 0 spiro atoms. The van der Waals surface area contributed by atoms with Crippen molar-refractivity contribution in [3.8, 4) is 16.9 Å². The molecular weight excluding hydrogens is 662 g/mol. The number of methoxy groups -OCH3 is 2. The first-order valence-electron chi connectivity index (χ1n) is 18.8. The summed E-state index contributed by atoms with van der Waals surface area (Å²) in [5.41, 5.74) is 3.81. The van der Waals surface area contributed by atoms with Crippen LogP contribution in [0.3, 0.4) is 0 Å². The van der Waals surface area contributed by atoms with Gasteiger partial charge in [-0.3, -0.25) is 14.4 Å². The average molecular weight is 720 g/mol. The highest BCUT2D eigenvalue weighted by Crippen LogP contribution is 2.63. The molecule has 11 nitrogen and oxygen atoms in total. The van der Waals surface area contributed by atoms with Crippen LogP contribution in [0.15, 0.2) is 36.4 Å². The molecule has 5 aliphatic rings. The molecule has 1 amide bonds. The highest BCUT2D eigenvalue weighted by atomic mass is 16.7. The third kappa shape index (κ3) is 6.85. The molecule has 11 heteroatoms. The van der Waals surface area contributed by atoms with Crippen LogP contribution in [0.5, 0.6) is 5.75 Å². The standard InChI is InChI=1S/C41H57N3O8/c1-23-26(16-29-20-32(23)41(29,3)4)19-34(47)37-36(24(2)46)35(22-45)52-44(37)21-25-11-9-12-31(38(25)50-7)27-15-28(18-30(17-27)42(5)6)39(48)43-14-10-13-33(43)40(49)51-8/h9,11-12,15,17-18,23-24,26,29,32-33,35-37,45-46H,10,13-14,16,19-22H2,1-8H3/t23-,24+,26?,29+,32+,33+,35+,36-,37-/m1/s1. The van der Waals surface area contributed by atoms with E-state index < -0.39 is 36.2 Å². The third-order valence-electron chi connectivity index (χ3n) is 13.0. The van der Waals surface area contributed by atoms with Gasteiger partial charge in [0.05, 0.1) is 33.5 Å². The lowest BCUT2D eigenvalue weighted by molar-refractivity contribution is -0.183. The molecule has 7 rings (SSSR count). The van der Waals surface area contributed by atoms with Crippen LogP contribution in [0, 0.1) is 35.0 Å². The van der Waals surface area contributed by atoms with Crippen LogP contribution in [0.25, 0.3) is 11.1 Å². The van der Waals surface area contributed by atoms with Gasteiger partial charge in [0.15, 0.2) is 5.78 Å². The highest BCUT2D eigenvalue weighted by Gasteiger charge is 2.57. The first-order valence-corrected chi connectivity index (χ1v) is 18.8. The number of aliphatic hydroxyl groups is 2. The molecule has 2 heterocycles. The summed E-state index contributed by atoms with van der Waals surface area (Å²) in [5.74, 6) is 1.27. The molecule has 2 aromatic carbocycles. The number of Topliss-reactive ketones (excluding diaryl/α,β-unsaturated/α-hetero) is 1. The third-order valence-corrected chi connectivity index (χ3v) is 13.0. The fourth-order valence-electron chi connectivity index (χ4n) is 9.90. The van der Waals surface area contributed by atoms with Crippen molar-refractivity contribution in [2.45, 2.75) is 90.6 Å². The van der Waals surface area contributed by atoms with Crippen molar-refractivity contribution in [2.24, 2.45) is 35.0 Å². The van der Waals surface area contributed by atoms with E-state index in [0.29, 0.717) is 53.9 Å². The quantitative estimate of drug-likeness (QED) is 0.291. The Bertz CT molecular complexity index is 1660. The smallest absolute Gasteiger partial charge is 0.328 e. The van der Waals surface area contributed by atoms with Gasteiger partial charge in [-0.15, -0.1) is 0 Å².